The Labute approximate surface area is 142 Å². The maximum atomic E-state index is 12.2. The van der Waals surface area contributed by atoms with Crippen molar-refractivity contribution in [1.82, 2.24) is 15.1 Å². The summed E-state index contributed by atoms with van der Waals surface area (Å²) >= 11 is 0. The van der Waals surface area contributed by atoms with E-state index in [9.17, 15) is 4.79 Å². The zero-order valence-corrected chi connectivity index (χ0v) is 15.7. The summed E-state index contributed by atoms with van der Waals surface area (Å²) in [5.41, 5.74) is 0. The van der Waals surface area contributed by atoms with Crippen molar-refractivity contribution in [3.05, 3.63) is 0 Å². The number of ether oxygens (including phenoxy) is 1. The second kappa shape index (κ2) is 14.3. The number of guanidine groups is 1. The quantitative estimate of drug-likeness (QED) is 0.338. The molecule has 0 aliphatic heterocycles. The van der Waals surface area contributed by atoms with Crippen molar-refractivity contribution >= 4 is 11.9 Å². The van der Waals surface area contributed by atoms with Crippen LogP contribution in [0.5, 0.6) is 0 Å². The molecule has 0 radical (unpaired) electrons. The molecule has 6 heteroatoms. The summed E-state index contributed by atoms with van der Waals surface area (Å²) in [6.45, 7) is 13.1. The summed E-state index contributed by atoms with van der Waals surface area (Å²) in [5, 5.41) is 3.24. The fourth-order valence-corrected chi connectivity index (χ4v) is 2.12. The summed E-state index contributed by atoms with van der Waals surface area (Å²) in [7, 11) is 1.90. The van der Waals surface area contributed by atoms with Gasteiger partial charge in [-0.25, -0.2) is 0 Å². The van der Waals surface area contributed by atoms with Gasteiger partial charge in [-0.3, -0.25) is 9.79 Å². The zero-order chi connectivity index (χ0) is 17.5. The van der Waals surface area contributed by atoms with E-state index in [0.717, 1.165) is 58.1 Å². The number of hydrogen-bond donors (Lipinski definition) is 1. The van der Waals surface area contributed by atoms with Crippen molar-refractivity contribution < 1.29 is 9.53 Å². The molecule has 0 aliphatic rings. The average Bonchev–Trinajstić information content (AvgIpc) is 2.54. The largest absolute Gasteiger partial charge is 0.381 e. The van der Waals surface area contributed by atoms with Gasteiger partial charge in [0.25, 0.3) is 0 Å². The molecule has 0 unspecified atom stereocenters. The Hall–Kier alpha value is -1.30. The number of nitrogens with one attached hydrogen (secondary N) is 1. The van der Waals surface area contributed by atoms with Gasteiger partial charge < -0.3 is 19.9 Å². The van der Waals surface area contributed by atoms with Gasteiger partial charge in [0, 0.05) is 46.4 Å². The summed E-state index contributed by atoms with van der Waals surface area (Å²) < 4.78 is 5.54. The van der Waals surface area contributed by atoms with Crippen molar-refractivity contribution in [3.63, 3.8) is 0 Å². The lowest BCUT2D eigenvalue weighted by atomic mass is 10.4. The molecular formula is C17H36N4O2. The predicted octanol–water partition coefficient (Wildman–Crippen LogP) is 1.96. The number of carbonyl (C=O) groups is 1. The lowest BCUT2D eigenvalue weighted by molar-refractivity contribution is -0.131. The molecule has 0 saturated heterocycles. The topological polar surface area (TPSA) is 57.2 Å². The standard InChI is InChI=1S/C17H36N4O2/c1-6-10-13-23-14-11-12-19-17(18-7-2)20(5)15-16(22)21(8-3)9-4/h6-15H2,1-5H3,(H,18,19). The number of aliphatic imine (C=N–C) groups is 1. The van der Waals surface area contributed by atoms with Crippen LogP contribution in [-0.4, -0.2) is 74.7 Å². The van der Waals surface area contributed by atoms with E-state index < -0.39 is 0 Å². The van der Waals surface area contributed by atoms with E-state index in [1.54, 1.807) is 0 Å². The molecule has 0 aromatic carbocycles. The first-order chi connectivity index (χ1) is 11.1. The maximum absolute atomic E-state index is 12.2. The van der Waals surface area contributed by atoms with Gasteiger partial charge in [0.15, 0.2) is 5.96 Å². The highest BCUT2D eigenvalue weighted by atomic mass is 16.5. The maximum Gasteiger partial charge on any atom is 0.242 e. The molecule has 0 bridgehead atoms. The van der Waals surface area contributed by atoms with E-state index >= 15 is 0 Å². The van der Waals surface area contributed by atoms with E-state index in [-0.39, 0.29) is 5.91 Å². The highest BCUT2D eigenvalue weighted by Gasteiger charge is 2.14. The van der Waals surface area contributed by atoms with Gasteiger partial charge in [0.05, 0.1) is 6.54 Å². The van der Waals surface area contributed by atoms with Gasteiger partial charge in [-0.1, -0.05) is 13.3 Å². The number of carbonyl (C=O) groups excluding carboxylic acids is 1. The Morgan fingerprint density at radius 2 is 1.74 bits per heavy atom. The molecule has 0 aromatic heterocycles. The molecule has 0 aliphatic carbocycles. The highest BCUT2D eigenvalue weighted by Crippen LogP contribution is 1.95. The van der Waals surface area contributed by atoms with E-state index in [1.807, 2.05) is 37.6 Å². The first-order valence-corrected chi connectivity index (χ1v) is 8.95. The number of nitrogens with zero attached hydrogens (tertiary/aromatic N) is 3. The number of unbranched alkanes of at least 4 members (excludes halogenated alkanes) is 1. The van der Waals surface area contributed by atoms with Crippen LogP contribution in [0.4, 0.5) is 0 Å². The van der Waals surface area contributed by atoms with Gasteiger partial charge in [0.2, 0.25) is 5.91 Å². The van der Waals surface area contributed by atoms with E-state index in [1.165, 1.54) is 0 Å². The van der Waals surface area contributed by atoms with Crippen LogP contribution in [0.25, 0.3) is 0 Å². The lowest BCUT2D eigenvalue weighted by Crippen LogP contribution is -2.45. The van der Waals surface area contributed by atoms with Crippen LogP contribution in [0.15, 0.2) is 4.99 Å². The third-order valence-electron chi connectivity index (χ3n) is 3.54. The van der Waals surface area contributed by atoms with Crippen LogP contribution in [0, 0.1) is 0 Å². The van der Waals surface area contributed by atoms with Crippen molar-refractivity contribution in [1.29, 1.82) is 0 Å². The minimum Gasteiger partial charge on any atom is -0.381 e. The van der Waals surface area contributed by atoms with Crippen LogP contribution in [0.1, 0.15) is 47.0 Å². The predicted molar refractivity (Wildman–Crippen MR) is 96.9 cm³/mol. The van der Waals surface area contributed by atoms with Crippen LogP contribution in [0.2, 0.25) is 0 Å². The monoisotopic (exact) mass is 328 g/mol. The molecule has 0 rings (SSSR count). The number of likely N-dealkylation sites (N-methyl/N-ethyl adjacent to an activating group) is 2. The molecule has 0 saturated carbocycles. The van der Waals surface area contributed by atoms with Crippen LogP contribution < -0.4 is 5.32 Å². The van der Waals surface area contributed by atoms with Gasteiger partial charge in [-0.15, -0.1) is 0 Å². The Bertz CT molecular complexity index is 331. The van der Waals surface area contributed by atoms with Gasteiger partial charge >= 0.3 is 0 Å². The third-order valence-corrected chi connectivity index (χ3v) is 3.54. The molecule has 0 atom stereocenters. The van der Waals surface area contributed by atoms with Crippen LogP contribution >= 0.6 is 0 Å². The molecular weight excluding hydrogens is 292 g/mol. The SMILES string of the molecule is CCCCOCCCN=C(NCC)N(C)CC(=O)N(CC)CC. The highest BCUT2D eigenvalue weighted by molar-refractivity contribution is 5.86. The molecule has 23 heavy (non-hydrogen) atoms. The lowest BCUT2D eigenvalue weighted by Gasteiger charge is -2.25. The second-order valence-electron chi connectivity index (χ2n) is 5.48. The van der Waals surface area contributed by atoms with Crippen molar-refractivity contribution in [2.24, 2.45) is 4.99 Å². The summed E-state index contributed by atoms with van der Waals surface area (Å²) in [6, 6.07) is 0. The molecule has 0 aromatic rings. The molecule has 0 heterocycles. The van der Waals surface area contributed by atoms with Crippen molar-refractivity contribution in [2.75, 3.05) is 53.0 Å². The van der Waals surface area contributed by atoms with Gasteiger partial charge in [-0.2, -0.15) is 0 Å². The van der Waals surface area contributed by atoms with Crippen LogP contribution in [0.3, 0.4) is 0 Å². The molecule has 1 N–H and O–H groups in total. The molecule has 0 spiro atoms. The minimum atomic E-state index is 0.131. The minimum absolute atomic E-state index is 0.131. The first-order valence-electron chi connectivity index (χ1n) is 8.95. The van der Waals surface area contributed by atoms with E-state index in [2.05, 4.69) is 17.2 Å². The molecule has 136 valence electrons. The first kappa shape index (κ1) is 21.7. The number of hydrogen-bond acceptors (Lipinski definition) is 3. The van der Waals surface area contributed by atoms with Crippen LogP contribution in [-0.2, 0) is 9.53 Å². The average molecular weight is 329 g/mol. The molecule has 1 amide bonds. The Balaban J connectivity index is 4.29. The molecule has 6 nitrogen and oxygen atoms in total. The Kier molecular flexibility index (Phi) is 13.5. The third kappa shape index (κ3) is 10.2. The van der Waals surface area contributed by atoms with Crippen molar-refractivity contribution in [2.45, 2.75) is 47.0 Å². The Morgan fingerprint density at radius 1 is 1.09 bits per heavy atom. The number of rotatable bonds is 12. The number of amides is 1. The summed E-state index contributed by atoms with van der Waals surface area (Å²) in [4.78, 5) is 20.5. The fraction of sp³-hybridized carbons (Fsp3) is 0.882. The zero-order valence-electron chi connectivity index (χ0n) is 15.7. The summed E-state index contributed by atoms with van der Waals surface area (Å²) in [6.07, 6.45) is 3.17. The van der Waals surface area contributed by atoms with Crippen molar-refractivity contribution in [3.8, 4) is 0 Å². The van der Waals surface area contributed by atoms with E-state index in [4.69, 9.17) is 4.74 Å². The summed E-state index contributed by atoms with van der Waals surface area (Å²) in [5.74, 6) is 0.910. The smallest absolute Gasteiger partial charge is 0.242 e. The normalized spacial score (nSPS) is 11.4. The van der Waals surface area contributed by atoms with E-state index in [0.29, 0.717) is 13.1 Å². The molecule has 0 fully saturated rings. The fourth-order valence-electron chi connectivity index (χ4n) is 2.12. The van der Waals surface area contributed by atoms with Gasteiger partial charge in [0.1, 0.15) is 0 Å². The second-order valence-corrected chi connectivity index (χ2v) is 5.48. The van der Waals surface area contributed by atoms with Gasteiger partial charge in [-0.05, 0) is 33.6 Å². The Morgan fingerprint density at radius 3 is 2.30 bits per heavy atom.